The number of aromatic amines is 1. The maximum absolute atomic E-state index is 11.6. The number of pyridine rings is 2. The van der Waals surface area contributed by atoms with Gasteiger partial charge in [-0.05, 0) is 19.1 Å². The summed E-state index contributed by atoms with van der Waals surface area (Å²) in [5.74, 6) is 0.585. The van der Waals surface area contributed by atoms with Crippen LogP contribution in [0.1, 0.15) is 13.3 Å². The molecule has 3 aromatic rings. The van der Waals surface area contributed by atoms with Gasteiger partial charge in [-0.2, -0.15) is 0 Å². The molecule has 0 radical (unpaired) electrons. The number of nitrogens with zero attached hydrogens (tertiary/aromatic N) is 3. The monoisotopic (exact) mass is 353 g/mol. The van der Waals surface area contributed by atoms with E-state index < -0.39 is 0 Å². The van der Waals surface area contributed by atoms with E-state index in [1.807, 2.05) is 24.6 Å². The standard InChI is InChI=1S/C18H19N5O3/c1-10(12-6-16(25)20-8-12)26-18-17-14(21-9-23(17)2)7-13(22-18)11-3-4-19-15(24)5-11/h3-5,7,9-10,12H,6,8H2,1-2H3,(H,19,24)(H,20,25). The van der Waals surface area contributed by atoms with Crippen molar-refractivity contribution in [1.82, 2.24) is 24.8 Å². The lowest BCUT2D eigenvalue weighted by atomic mass is 10.0. The van der Waals surface area contributed by atoms with Crippen LogP contribution in [0.3, 0.4) is 0 Å². The van der Waals surface area contributed by atoms with Crippen LogP contribution in [0.4, 0.5) is 0 Å². The molecule has 134 valence electrons. The summed E-state index contributed by atoms with van der Waals surface area (Å²) in [6.07, 6.45) is 3.55. The molecule has 26 heavy (non-hydrogen) atoms. The van der Waals surface area contributed by atoms with Gasteiger partial charge in [0.05, 0.1) is 17.5 Å². The van der Waals surface area contributed by atoms with Gasteiger partial charge in [-0.25, -0.2) is 9.97 Å². The van der Waals surface area contributed by atoms with Gasteiger partial charge >= 0.3 is 0 Å². The number of aryl methyl sites for hydroxylation is 1. The second-order valence-electron chi connectivity index (χ2n) is 6.57. The molecule has 3 aromatic heterocycles. The Morgan fingerprint density at radius 1 is 1.35 bits per heavy atom. The van der Waals surface area contributed by atoms with Crippen molar-refractivity contribution >= 4 is 16.9 Å². The summed E-state index contributed by atoms with van der Waals surface area (Å²) >= 11 is 0. The summed E-state index contributed by atoms with van der Waals surface area (Å²) in [5, 5.41) is 2.83. The zero-order valence-electron chi connectivity index (χ0n) is 14.5. The van der Waals surface area contributed by atoms with Gasteiger partial charge in [-0.15, -0.1) is 0 Å². The Hall–Kier alpha value is -3.16. The number of carbonyl (C=O) groups is 1. The molecule has 1 saturated heterocycles. The summed E-state index contributed by atoms with van der Waals surface area (Å²) < 4.78 is 7.99. The maximum Gasteiger partial charge on any atom is 0.248 e. The highest BCUT2D eigenvalue weighted by Crippen LogP contribution is 2.30. The van der Waals surface area contributed by atoms with E-state index in [2.05, 4.69) is 20.3 Å². The van der Waals surface area contributed by atoms with Crippen molar-refractivity contribution in [3.8, 4) is 17.1 Å². The van der Waals surface area contributed by atoms with Gasteiger partial charge in [0.2, 0.25) is 17.3 Å². The highest BCUT2D eigenvalue weighted by atomic mass is 16.5. The molecule has 2 atom stereocenters. The molecule has 0 aromatic carbocycles. The molecule has 8 heteroatoms. The van der Waals surface area contributed by atoms with E-state index in [1.165, 1.54) is 6.07 Å². The van der Waals surface area contributed by atoms with Crippen molar-refractivity contribution in [2.24, 2.45) is 13.0 Å². The molecule has 0 spiro atoms. The van der Waals surface area contributed by atoms with Crippen LogP contribution in [-0.2, 0) is 11.8 Å². The molecular formula is C18H19N5O3. The lowest BCUT2D eigenvalue weighted by molar-refractivity contribution is -0.119. The van der Waals surface area contributed by atoms with Gasteiger partial charge in [-0.1, -0.05) is 0 Å². The fourth-order valence-electron chi connectivity index (χ4n) is 3.20. The van der Waals surface area contributed by atoms with Crippen molar-refractivity contribution in [3.63, 3.8) is 0 Å². The molecule has 4 heterocycles. The number of carbonyl (C=O) groups excluding carboxylic acids is 1. The van der Waals surface area contributed by atoms with Crippen molar-refractivity contribution in [2.75, 3.05) is 6.54 Å². The maximum atomic E-state index is 11.6. The smallest absolute Gasteiger partial charge is 0.248 e. The third kappa shape index (κ3) is 2.94. The third-order valence-electron chi connectivity index (χ3n) is 4.70. The molecule has 2 N–H and O–H groups in total. The summed E-state index contributed by atoms with van der Waals surface area (Å²) in [7, 11) is 1.88. The Morgan fingerprint density at radius 2 is 2.19 bits per heavy atom. The number of hydrogen-bond acceptors (Lipinski definition) is 5. The number of amides is 1. The molecule has 8 nitrogen and oxygen atoms in total. The van der Waals surface area contributed by atoms with E-state index in [-0.39, 0.29) is 23.5 Å². The quantitative estimate of drug-likeness (QED) is 0.734. The van der Waals surface area contributed by atoms with Crippen LogP contribution in [-0.4, -0.2) is 38.1 Å². The van der Waals surface area contributed by atoms with Crippen LogP contribution >= 0.6 is 0 Å². The SMILES string of the molecule is CC(Oc1nc(-c2cc[nH]c(=O)c2)cc2ncn(C)c12)C1CNC(=O)C1. The molecule has 2 unspecified atom stereocenters. The normalized spacial score (nSPS) is 18.1. The second kappa shape index (κ2) is 6.29. The van der Waals surface area contributed by atoms with Gasteiger partial charge < -0.3 is 19.6 Å². The van der Waals surface area contributed by atoms with E-state index >= 15 is 0 Å². The predicted octanol–water partition coefficient (Wildman–Crippen LogP) is 1.23. The lowest BCUT2D eigenvalue weighted by Crippen LogP contribution is -2.26. The van der Waals surface area contributed by atoms with Crippen LogP contribution in [0.2, 0.25) is 0 Å². The molecule has 0 saturated carbocycles. The third-order valence-corrected chi connectivity index (χ3v) is 4.70. The molecule has 0 aliphatic carbocycles. The second-order valence-corrected chi connectivity index (χ2v) is 6.57. The molecule has 1 aliphatic heterocycles. The Kier molecular flexibility index (Phi) is 3.95. The van der Waals surface area contributed by atoms with Crippen LogP contribution in [0.15, 0.2) is 35.5 Å². The minimum absolute atomic E-state index is 0.0429. The van der Waals surface area contributed by atoms with Gasteiger partial charge in [0.1, 0.15) is 11.6 Å². The Balaban J connectivity index is 1.75. The van der Waals surface area contributed by atoms with Crippen molar-refractivity contribution in [1.29, 1.82) is 0 Å². The van der Waals surface area contributed by atoms with Crippen molar-refractivity contribution in [3.05, 3.63) is 41.1 Å². The molecule has 1 fully saturated rings. The van der Waals surface area contributed by atoms with E-state index in [4.69, 9.17) is 4.74 Å². The van der Waals surface area contributed by atoms with Crippen LogP contribution < -0.4 is 15.6 Å². The van der Waals surface area contributed by atoms with Gasteiger partial charge in [0, 0.05) is 43.8 Å². The average molecular weight is 353 g/mol. The zero-order valence-corrected chi connectivity index (χ0v) is 14.5. The van der Waals surface area contributed by atoms with Gasteiger partial charge in [0.15, 0.2) is 0 Å². The first kappa shape index (κ1) is 16.3. The first-order valence-corrected chi connectivity index (χ1v) is 8.46. The number of H-pyrrole nitrogens is 1. The first-order valence-electron chi connectivity index (χ1n) is 8.46. The topological polar surface area (TPSA) is 102 Å². The number of ether oxygens (including phenoxy) is 1. The number of rotatable bonds is 4. The van der Waals surface area contributed by atoms with Gasteiger partial charge in [-0.3, -0.25) is 9.59 Å². The van der Waals surface area contributed by atoms with E-state index in [9.17, 15) is 9.59 Å². The van der Waals surface area contributed by atoms with E-state index in [0.717, 1.165) is 11.0 Å². The summed E-state index contributed by atoms with van der Waals surface area (Å²) in [4.78, 5) is 34.7. The number of aromatic nitrogens is 4. The predicted molar refractivity (Wildman–Crippen MR) is 95.8 cm³/mol. The fourth-order valence-corrected chi connectivity index (χ4v) is 3.20. The van der Waals surface area contributed by atoms with Crippen molar-refractivity contribution < 1.29 is 9.53 Å². The number of nitrogens with one attached hydrogen (secondary N) is 2. The summed E-state index contributed by atoms with van der Waals surface area (Å²) in [6, 6.07) is 5.11. The highest BCUT2D eigenvalue weighted by molar-refractivity contribution is 5.84. The Morgan fingerprint density at radius 3 is 2.92 bits per heavy atom. The van der Waals surface area contributed by atoms with Crippen LogP contribution in [0.25, 0.3) is 22.3 Å². The minimum Gasteiger partial charge on any atom is -0.473 e. The molecule has 4 rings (SSSR count). The molecular weight excluding hydrogens is 334 g/mol. The molecule has 1 aliphatic rings. The summed E-state index contributed by atoms with van der Waals surface area (Å²) in [5.41, 5.74) is 2.63. The average Bonchev–Trinajstić information content (AvgIpc) is 3.21. The van der Waals surface area contributed by atoms with E-state index in [0.29, 0.717) is 30.1 Å². The van der Waals surface area contributed by atoms with Crippen LogP contribution in [0, 0.1) is 5.92 Å². The Labute approximate surface area is 149 Å². The Bertz CT molecular complexity index is 1040. The summed E-state index contributed by atoms with van der Waals surface area (Å²) in [6.45, 7) is 2.54. The first-order chi connectivity index (χ1) is 12.5. The zero-order chi connectivity index (χ0) is 18.3. The molecule has 1 amide bonds. The van der Waals surface area contributed by atoms with Crippen LogP contribution in [0.5, 0.6) is 5.88 Å². The fraction of sp³-hybridized carbons (Fsp3) is 0.333. The van der Waals surface area contributed by atoms with Gasteiger partial charge in [0.25, 0.3) is 0 Å². The largest absolute Gasteiger partial charge is 0.473 e. The minimum atomic E-state index is -0.197. The number of fused-ring (bicyclic) bond motifs is 1. The lowest BCUT2D eigenvalue weighted by Gasteiger charge is -2.20. The number of imidazole rings is 1. The van der Waals surface area contributed by atoms with Crippen molar-refractivity contribution in [2.45, 2.75) is 19.4 Å². The number of hydrogen-bond donors (Lipinski definition) is 2. The highest BCUT2D eigenvalue weighted by Gasteiger charge is 2.29. The van der Waals surface area contributed by atoms with E-state index in [1.54, 1.807) is 18.6 Å². The molecule has 0 bridgehead atoms.